The molecular weight excluding hydrogens is 271 g/mol. The van der Waals surface area contributed by atoms with Crippen molar-refractivity contribution in [1.82, 2.24) is 0 Å². The van der Waals surface area contributed by atoms with E-state index in [2.05, 4.69) is 0 Å². The molecule has 0 spiro atoms. The van der Waals surface area contributed by atoms with Crippen LogP contribution in [0.4, 0.5) is 4.39 Å². The van der Waals surface area contributed by atoms with Crippen LogP contribution in [0.2, 0.25) is 0 Å². The number of rotatable bonds is 3. The summed E-state index contributed by atoms with van der Waals surface area (Å²) in [4.78, 5) is 0. The summed E-state index contributed by atoms with van der Waals surface area (Å²) in [7, 11) is 0. The normalized spacial score (nSPS) is 16.3. The highest BCUT2D eigenvalue weighted by Gasteiger charge is 2.33. The second kappa shape index (κ2) is 5.37. The van der Waals surface area contributed by atoms with Crippen LogP contribution in [0.25, 0.3) is 0 Å². The lowest BCUT2D eigenvalue weighted by Gasteiger charge is -2.29. The highest BCUT2D eigenvalue weighted by Crippen LogP contribution is 2.39. The number of hydrogen-bond acceptors (Lipinski definition) is 3. The van der Waals surface area contributed by atoms with Gasteiger partial charge in [0.1, 0.15) is 24.6 Å². The first-order valence-electron chi connectivity index (χ1n) is 7.02. The Kier molecular flexibility index (Phi) is 3.55. The van der Waals surface area contributed by atoms with Gasteiger partial charge in [0, 0.05) is 5.56 Å². The minimum Gasteiger partial charge on any atom is -0.486 e. The molecule has 0 fully saturated rings. The first-order valence-corrected chi connectivity index (χ1v) is 7.02. The van der Waals surface area contributed by atoms with E-state index < -0.39 is 11.4 Å². The summed E-state index contributed by atoms with van der Waals surface area (Å²) in [5.41, 5.74) is -0.523. The van der Waals surface area contributed by atoms with Gasteiger partial charge in [-0.05, 0) is 30.2 Å². The van der Waals surface area contributed by atoms with E-state index in [-0.39, 0.29) is 5.56 Å². The summed E-state index contributed by atoms with van der Waals surface area (Å²) in [6.45, 7) is 2.81. The van der Waals surface area contributed by atoms with Gasteiger partial charge >= 0.3 is 0 Å². The minimum atomic E-state index is -1.39. The lowest BCUT2D eigenvalue weighted by atomic mass is 9.83. The van der Waals surface area contributed by atoms with E-state index in [4.69, 9.17) is 9.47 Å². The summed E-state index contributed by atoms with van der Waals surface area (Å²) in [6, 6.07) is 11.5. The van der Waals surface area contributed by atoms with Crippen molar-refractivity contribution < 1.29 is 19.0 Å². The molecule has 1 atom stereocenters. The van der Waals surface area contributed by atoms with E-state index in [1.807, 2.05) is 6.92 Å². The van der Waals surface area contributed by atoms with Gasteiger partial charge in [0.2, 0.25) is 0 Å². The van der Waals surface area contributed by atoms with E-state index in [9.17, 15) is 9.50 Å². The van der Waals surface area contributed by atoms with Crippen molar-refractivity contribution in [3.63, 3.8) is 0 Å². The number of hydrogen-bond donors (Lipinski definition) is 1. The molecule has 0 bridgehead atoms. The van der Waals surface area contributed by atoms with Crippen molar-refractivity contribution in [3.05, 3.63) is 59.4 Å². The van der Waals surface area contributed by atoms with Crippen LogP contribution in [0.3, 0.4) is 0 Å². The predicted molar refractivity (Wildman–Crippen MR) is 77.1 cm³/mol. The molecule has 0 amide bonds. The maximum absolute atomic E-state index is 14.1. The number of benzene rings is 2. The summed E-state index contributed by atoms with van der Waals surface area (Å²) >= 11 is 0. The first kappa shape index (κ1) is 13.9. The van der Waals surface area contributed by atoms with Crippen molar-refractivity contribution in [2.24, 2.45) is 0 Å². The Morgan fingerprint density at radius 2 is 1.81 bits per heavy atom. The zero-order chi connectivity index (χ0) is 14.9. The van der Waals surface area contributed by atoms with Crippen molar-refractivity contribution in [2.75, 3.05) is 13.2 Å². The van der Waals surface area contributed by atoms with Crippen molar-refractivity contribution >= 4 is 0 Å². The lowest BCUT2D eigenvalue weighted by molar-refractivity contribution is 0.0717. The SMILES string of the molecule is CCC(O)(c1ccc2c(c1)OCCO2)c1ccccc1F. The quantitative estimate of drug-likeness (QED) is 0.942. The van der Waals surface area contributed by atoms with Gasteiger partial charge in [-0.1, -0.05) is 31.2 Å². The smallest absolute Gasteiger partial charge is 0.161 e. The van der Waals surface area contributed by atoms with Gasteiger partial charge in [-0.15, -0.1) is 0 Å². The number of fused-ring (bicyclic) bond motifs is 1. The lowest BCUT2D eigenvalue weighted by Crippen LogP contribution is -2.28. The zero-order valence-electron chi connectivity index (χ0n) is 11.8. The molecule has 3 rings (SSSR count). The summed E-state index contributed by atoms with van der Waals surface area (Å²) in [5.74, 6) is 0.815. The monoisotopic (exact) mass is 288 g/mol. The Hall–Kier alpha value is -2.07. The standard InChI is InChI=1S/C17H17FO3/c1-2-17(19,13-5-3-4-6-14(13)18)12-7-8-15-16(11-12)21-10-9-20-15/h3-8,11,19H,2,9-10H2,1H3. The predicted octanol–water partition coefficient (Wildman–Crippen LogP) is 3.24. The van der Waals surface area contributed by atoms with Crippen LogP contribution in [0.15, 0.2) is 42.5 Å². The molecule has 1 heterocycles. The summed E-state index contributed by atoms with van der Waals surface area (Å²) in [5, 5.41) is 11.0. The van der Waals surface area contributed by atoms with Crippen LogP contribution in [0.1, 0.15) is 24.5 Å². The average molecular weight is 288 g/mol. The van der Waals surface area contributed by atoms with E-state index in [0.29, 0.717) is 36.7 Å². The third-order valence-electron chi connectivity index (χ3n) is 3.85. The first-order chi connectivity index (χ1) is 10.1. The molecule has 2 aromatic carbocycles. The molecule has 1 unspecified atom stereocenters. The highest BCUT2D eigenvalue weighted by atomic mass is 19.1. The summed E-state index contributed by atoms with van der Waals surface area (Å²) in [6.07, 6.45) is 0.355. The van der Waals surface area contributed by atoms with Crippen LogP contribution < -0.4 is 9.47 Å². The van der Waals surface area contributed by atoms with Crippen LogP contribution in [0, 0.1) is 5.82 Å². The van der Waals surface area contributed by atoms with Gasteiger partial charge in [0.05, 0.1) is 0 Å². The molecule has 2 aromatic rings. The molecule has 1 N–H and O–H groups in total. The Balaban J connectivity index is 2.09. The van der Waals surface area contributed by atoms with Crippen LogP contribution in [-0.2, 0) is 5.60 Å². The zero-order valence-corrected chi connectivity index (χ0v) is 11.8. The number of aliphatic hydroxyl groups is 1. The van der Waals surface area contributed by atoms with Gasteiger partial charge in [0.15, 0.2) is 11.5 Å². The molecule has 1 aliphatic heterocycles. The van der Waals surface area contributed by atoms with Gasteiger partial charge in [0.25, 0.3) is 0 Å². The summed E-state index contributed by atoms with van der Waals surface area (Å²) < 4.78 is 25.1. The molecule has 21 heavy (non-hydrogen) atoms. The fourth-order valence-electron chi connectivity index (χ4n) is 2.65. The van der Waals surface area contributed by atoms with Crippen LogP contribution in [-0.4, -0.2) is 18.3 Å². The topological polar surface area (TPSA) is 38.7 Å². The molecular formula is C17H17FO3. The van der Waals surface area contributed by atoms with Crippen molar-refractivity contribution in [3.8, 4) is 11.5 Å². The average Bonchev–Trinajstić information content (AvgIpc) is 2.54. The maximum Gasteiger partial charge on any atom is 0.161 e. The van der Waals surface area contributed by atoms with Crippen molar-refractivity contribution in [2.45, 2.75) is 18.9 Å². The third kappa shape index (κ3) is 2.36. The van der Waals surface area contributed by atoms with Crippen LogP contribution in [0.5, 0.6) is 11.5 Å². The van der Waals surface area contributed by atoms with Crippen molar-refractivity contribution in [1.29, 1.82) is 0 Å². The van der Waals surface area contributed by atoms with E-state index in [0.717, 1.165) is 0 Å². The van der Waals surface area contributed by atoms with Gasteiger partial charge in [-0.3, -0.25) is 0 Å². The van der Waals surface area contributed by atoms with Gasteiger partial charge < -0.3 is 14.6 Å². The van der Waals surface area contributed by atoms with E-state index >= 15 is 0 Å². The Morgan fingerprint density at radius 1 is 1.10 bits per heavy atom. The fourth-order valence-corrected chi connectivity index (χ4v) is 2.65. The largest absolute Gasteiger partial charge is 0.486 e. The van der Waals surface area contributed by atoms with E-state index in [1.54, 1.807) is 36.4 Å². The van der Waals surface area contributed by atoms with Gasteiger partial charge in [-0.2, -0.15) is 0 Å². The third-order valence-corrected chi connectivity index (χ3v) is 3.85. The molecule has 3 nitrogen and oxygen atoms in total. The maximum atomic E-state index is 14.1. The Bertz CT molecular complexity index is 656. The van der Waals surface area contributed by atoms with Gasteiger partial charge in [-0.25, -0.2) is 4.39 Å². The second-order valence-corrected chi connectivity index (χ2v) is 5.05. The second-order valence-electron chi connectivity index (χ2n) is 5.05. The van der Waals surface area contributed by atoms with Crippen LogP contribution >= 0.6 is 0 Å². The molecule has 4 heteroatoms. The minimum absolute atomic E-state index is 0.268. The molecule has 1 aliphatic rings. The molecule has 0 saturated carbocycles. The molecule has 0 aliphatic carbocycles. The highest BCUT2D eigenvalue weighted by molar-refractivity contribution is 5.48. The number of halogens is 1. The molecule has 110 valence electrons. The fraction of sp³-hybridized carbons (Fsp3) is 0.294. The van der Waals surface area contributed by atoms with E-state index in [1.165, 1.54) is 6.07 Å². The Labute approximate surface area is 122 Å². The molecule has 0 radical (unpaired) electrons. The molecule has 0 aromatic heterocycles. The molecule has 0 saturated heterocycles. The Morgan fingerprint density at radius 3 is 2.52 bits per heavy atom. The number of ether oxygens (including phenoxy) is 2.